The van der Waals surface area contributed by atoms with Crippen LogP contribution in [-0.4, -0.2) is 48.1 Å². The molecule has 22 heavy (non-hydrogen) atoms. The second kappa shape index (κ2) is 7.21. The van der Waals surface area contributed by atoms with Crippen LogP contribution in [0.5, 0.6) is 0 Å². The predicted octanol–water partition coefficient (Wildman–Crippen LogP) is 4.64. The van der Waals surface area contributed by atoms with Gasteiger partial charge in [-0.05, 0) is 77.3 Å². The summed E-state index contributed by atoms with van der Waals surface area (Å²) in [6.45, 7) is 17.3. The average molecular weight is 309 g/mol. The molecule has 2 heterocycles. The van der Waals surface area contributed by atoms with Gasteiger partial charge in [0.15, 0.2) is 0 Å². The summed E-state index contributed by atoms with van der Waals surface area (Å²) in [7, 11) is 2.33. The molecule has 0 bridgehead atoms. The van der Waals surface area contributed by atoms with E-state index in [0.29, 0.717) is 11.5 Å². The maximum absolute atomic E-state index is 2.85. The highest BCUT2D eigenvalue weighted by Gasteiger charge is 2.48. The molecule has 2 saturated heterocycles. The van der Waals surface area contributed by atoms with Gasteiger partial charge in [0.1, 0.15) is 0 Å². The minimum Gasteiger partial charge on any atom is -0.306 e. The number of fused-ring (bicyclic) bond motifs is 1. The van der Waals surface area contributed by atoms with E-state index in [0.717, 1.165) is 23.9 Å². The van der Waals surface area contributed by atoms with E-state index >= 15 is 0 Å². The molecular formula is C20H40N2. The zero-order valence-corrected chi connectivity index (χ0v) is 16.2. The van der Waals surface area contributed by atoms with Gasteiger partial charge in [-0.1, -0.05) is 27.2 Å². The summed E-state index contributed by atoms with van der Waals surface area (Å²) >= 11 is 0. The summed E-state index contributed by atoms with van der Waals surface area (Å²) in [5.41, 5.74) is 0.572. The van der Waals surface area contributed by atoms with Gasteiger partial charge >= 0.3 is 0 Å². The lowest BCUT2D eigenvalue weighted by Gasteiger charge is -2.42. The van der Waals surface area contributed by atoms with Gasteiger partial charge < -0.3 is 4.90 Å². The SMILES string of the molecule is CCC1CC2(CC)CCN(C)CC(C)C2CC(C)N1C(C)C. The molecule has 0 aromatic carbocycles. The highest BCUT2D eigenvalue weighted by Crippen LogP contribution is 2.51. The Morgan fingerprint density at radius 3 is 2.41 bits per heavy atom. The Hall–Kier alpha value is -0.0800. The van der Waals surface area contributed by atoms with Crippen molar-refractivity contribution in [3.63, 3.8) is 0 Å². The maximum atomic E-state index is 2.85. The predicted molar refractivity (Wildman–Crippen MR) is 97.2 cm³/mol. The van der Waals surface area contributed by atoms with Gasteiger partial charge in [-0.3, -0.25) is 4.90 Å². The molecule has 5 atom stereocenters. The van der Waals surface area contributed by atoms with Crippen LogP contribution in [0.2, 0.25) is 0 Å². The molecule has 0 amide bonds. The third kappa shape index (κ3) is 3.38. The topological polar surface area (TPSA) is 6.48 Å². The molecule has 0 aromatic rings. The fourth-order valence-corrected chi connectivity index (χ4v) is 5.94. The molecule has 2 fully saturated rings. The molecule has 2 rings (SSSR count). The summed E-state index contributed by atoms with van der Waals surface area (Å²) in [5.74, 6) is 1.73. The van der Waals surface area contributed by atoms with E-state index in [1.165, 1.54) is 45.2 Å². The zero-order chi connectivity index (χ0) is 16.5. The Balaban J connectivity index is 2.38. The Morgan fingerprint density at radius 2 is 1.86 bits per heavy atom. The van der Waals surface area contributed by atoms with Crippen molar-refractivity contribution in [2.24, 2.45) is 17.3 Å². The lowest BCUT2D eigenvalue weighted by molar-refractivity contribution is 0.0764. The lowest BCUT2D eigenvalue weighted by atomic mass is 9.63. The number of hydrogen-bond acceptors (Lipinski definition) is 2. The first-order valence-corrected chi connectivity index (χ1v) is 9.80. The molecule has 2 aliphatic heterocycles. The minimum atomic E-state index is 0.572. The fourth-order valence-electron chi connectivity index (χ4n) is 5.94. The van der Waals surface area contributed by atoms with Crippen LogP contribution < -0.4 is 0 Å². The summed E-state index contributed by atoms with van der Waals surface area (Å²) in [6, 6.07) is 2.18. The van der Waals surface area contributed by atoms with Crippen molar-refractivity contribution in [1.29, 1.82) is 0 Å². The van der Waals surface area contributed by atoms with Crippen LogP contribution in [0, 0.1) is 17.3 Å². The number of likely N-dealkylation sites (tertiary alicyclic amines) is 2. The van der Waals surface area contributed by atoms with E-state index in [1.807, 2.05) is 0 Å². The van der Waals surface area contributed by atoms with E-state index < -0.39 is 0 Å². The van der Waals surface area contributed by atoms with E-state index in [4.69, 9.17) is 0 Å². The number of nitrogens with zero attached hydrogens (tertiary/aromatic N) is 2. The van der Waals surface area contributed by atoms with Crippen LogP contribution in [0.25, 0.3) is 0 Å². The third-order valence-corrected chi connectivity index (χ3v) is 7.00. The molecule has 130 valence electrons. The van der Waals surface area contributed by atoms with Gasteiger partial charge in [-0.2, -0.15) is 0 Å². The minimum absolute atomic E-state index is 0.572. The van der Waals surface area contributed by atoms with Crippen molar-refractivity contribution >= 4 is 0 Å². The second-order valence-corrected chi connectivity index (χ2v) is 8.70. The monoisotopic (exact) mass is 308 g/mol. The number of rotatable bonds is 3. The van der Waals surface area contributed by atoms with Crippen molar-refractivity contribution in [3.05, 3.63) is 0 Å². The molecule has 0 saturated carbocycles. The third-order valence-electron chi connectivity index (χ3n) is 7.00. The second-order valence-electron chi connectivity index (χ2n) is 8.70. The largest absolute Gasteiger partial charge is 0.306 e. The maximum Gasteiger partial charge on any atom is 0.0104 e. The van der Waals surface area contributed by atoms with Gasteiger partial charge in [-0.25, -0.2) is 0 Å². The first-order valence-electron chi connectivity index (χ1n) is 9.80. The van der Waals surface area contributed by atoms with Crippen molar-refractivity contribution in [3.8, 4) is 0 Å². The van der Waals surface area contributed by atoms with Crippen molar-refractivity contribution in [1.82, 2.24) is 9.80 Å². The fraction of sp³-hybridized carbons (Fsp3) is 1.00. The van der Waals surface area contributed by atoms with Crippen LogP contribution >= 0.6 is 0 Å². The molecule has 0 aliphatic carbocycles. The van der Waals surface area contributed by atoms with Crippen LogP contribution in [-0.2, 0) is 0 Å². The standard InChI is InChI=1S/C20H40N2/c1-8-18-13-20(9-2)10-11-21(7)14-16(5)19(20)12-17(6)22(18)15(3)4/h15-19H,8-14H2,1-7H3. The highest BCUT2D eigenvalue weighted by molar-refractivity contribution is 5.00. The molecule has 2 aliphatic rings. The van der Waals surface area contributed by atoms with E-state index in [1.54, 1.807) is 0 Å². The normalized spacial score (nSPS) is 42.0. The van der Waals surface area contributed by atoms with Gasteiger partial charge in [0.2, 0.25) is 0 Å². The van der Waals surface area contributed by atoms with Gasteiger partial charge in [0.25, 0.3) is 0 Å². The molecule has 0 N–H and O–H groups in total. The van der Waals surface area contributed by atoms with Gasteiger partial charge in [0, 0.05) is 24.7 Å². The van der Waals surface area contributed by atoms with Crippen LogP contribution in [0.3, 0.4) is 0 Å². The van der Waals surface area contributed by atoms with E-state index in [2.05, 4.69) is 58.4 Å². The summed E-state index contributed by atoms with van der Waals surface area (Å²) in [6.07, 6.45) is 6.90. The molecule has 5 unspecified atom stereocenters. The summed E-state index contributed by atoms with van der Waals surface area (Å²) in [4.78, 5) is 5.44. The first-order chi connectivity index (χ1) is 10.3. The molecule has 0 spiro atoms. The first kappa shape index (κ1) is 18.3. The van der Waals surface area contributed by atoms with E-state index in [-0.39, 0.29) is 0 Å². The van der Waals surface area contributed by atoms with Crippen molar-refractivity contribution in [2.75, 3.05) is 20.1 Å². The Bertz CT molecular complexity index is 354. The van der Waals surface area contributed by atoms with Crippen molar-refractivity contribution in [2.45, 2.75) is 91.8 Å². The number of hydrogen-bond donors (Lipinski definition) is 0. The average Bonchev–Trinajstić information content (AvgIpc) is 2.66. The molecular weight excluding hydrogens is 268 g/mol. The van der Waals surface area contributed by atoms with Gasteiger partial charge in [-0.15, -0.1) is 0 Å². The Morgan fingerprint density at radius 1 is 1.18 bits per heavy atom. The van der Waals surface area contributed by atoms with Crippen LogP contribution in [0.1, 0.15) is 73.6 Å². The summed E-state index contributed by atoms with van der Waals surface area (Å²) in [5, 5.41) is 0. The highest BCUT2D eigenvalue weighted by atomic mass is 15.2. The van der Waals surface area contributed by atoms with Gasteiger partial charge in [0.05, 0.1) is 0 Å². The van der Waals surface area contributed by atoms with E-state index in [9.17, 15) is 0 Å². The lowest BCUT2D eigenvalue weighted by Crippen LogP contribution is -2.45. The smallest absolute Gasteiger partial charge is 0.0104 e. The zero-order valence-electron chi connectivity index (χ0n) is 16.2. The molecule has 0 radical (unpaired) electrons. The van der Waals surface area contributed by atoms with Crippen molar-refractivity contribution < 1.29 is 0 Å². The molecule has 0 aromatic heterocycles. The summed E-state index contributed by atoms with van der Waals surface area (Å²) < 4.78 is 0. The Labute approximate surface area is 139 Å². The molecule has 2 nitrogen and oxygen atoms in total. The van der Waals surface area contributed by atoms with Crippen LogP contribution in [0.4, 0.5) is 0 Å². The quantitative estimate of drug-likeness (QED) is 0.749. The molecule has 2 heteroatoms. The van der Waals surface area contributed by atoms with Crippen LogP contribution in [0.15, 0.2) is 0 Å². The Kier molecular flexibility index (Phi) is 5.99.